The van der Waals surface area contributed by atoms with Crippen LogP contribution < -0.4 is 5.73 Å². The number of nitrogens with zero attached hydrogens (tertiary/aromatic N) is 1. The summed E-state index contributed by atoms with van der Waals surface area (Å²) in [7, 11) is 1.29. The first-order valence-corrected chi connectivity index (χ1v) is 11.1. The summed E-state index contributed by atoms with van der Waals surface area (Å²) in [6, 6.07) is 15.5. The van der Waals surface area contributed by atoms with Gasteiger partial charge in [-0.2, -0.15) is 5.26 Å². The van der Waals surface area contributed by atoms with Gasteiger partial charge in [0.15, 0.2) is 0 Å². The number of hydrogen-bond acceptors (Lipinski definition) is 7. The average Bonchev–Trinajstić information content (AvgIpc) is 2.79. The number of amides is 1. The summed E-state index contributed by atoms with van der Waals surface area (Å²) in [5.74, 6) is -0.871. The summed E-state index contributed by atoms with van der Waals surface area (Å²) in [6.07, 6.45) is 0. The third-order valence-electron chi connectivity index (χ3n) is 3.67. The van der Waals surface area contributed by atoms with Crippen molar-refractivity contribution < 1.29 is 29.6 Å². The lowest BCUT2D eigenvalue weighted by Gasteiger charge is -2.00. The maximum Gasteiger partial charge on any atom is 0.337 e. The number of methoxy groups -OCH3 is 1. The SMILES string of the molecule is COC(=O)c1ccc(Br)c(O)c1.N#Cc1ccc(Br)c(O)c1.NC(=O)c1ccc(Br)c(O)c1. The number of ether oxygens (including phenoxy) is 1. The number of benzene rings is 3. The van der Waals surface area contributed by atoms with Gasteiger partial charge >= 0.3 is 5.97 Å². The summed E-state index contributed by atoms with van der Waals surface area (Å²) in [5, 5.41) is 35.7. The number of hydrogen-bond donors (Lipinski definition) is 4. The van der Waals surface area contributed by atoms with Crippen LogP contribution in [0.5, 0.6) is 17.2 Å². The minimum absolute atomic E-state index is 0.0151. The Bertz CT molecular complexity index is 1200. The van der Waals surface area contributed by atoms with E-state index in [1.807, 2.05) is 6.07 Å². The van der Waals surface area contributed by atoms with E-state index < -0.39 is 11.9 Å². The van der Waals surface area contributed by atoms with Gasteiger partial charge in [-0.1, -0.05) is 0 Å². The fourth-order valence-electron chi connectivity index (χ4n) is 2.01. The summed E-state index contributed by atoms with van der Waals surface area (Å²) in [6.45, 7) is 0. The van der Waals surface area contributed by atoms with Gasteiger partial charge in [-0.15, -0.1) is 0 Å². The van der Waals surface area contributed by atoms with Crippen LogP contribution in [0.15, 0.2) is 68.0 Å². The summed E-state index contributed by atoms with van der Waals surface area (Å²) < 4.78 is 6.16. The second-order valence-electron chi connectivity index (χ2n) is 5.97. The highest BCUT2D eigenvalue weighted by atomic mass is 79.9. The number of aromatic hydroxyl groups is 3. The molecule has 0 unspecified atom stereocenters. The Kier molecular flexibility index (Phi) is 11.4. The summed E-state index contributed by atoms with van der Waals surface area (Å²) in [4.78, 5) is 21.5. The van der Waals surface area contributed by atoms with Crippen molar-refractivity contribution in [3.63, 3.8) is 0 Å². The molecule has 0 aliphatic heterocycles. The van der Waals surface area contributed by atoms with E-state index >= 15 is 0 Å². The predicted molar refractivity (Wildman–Crippen MR) is 132 cm³/mol. The van der Waals surface area contributed by atoms with E-state index in [0.29, 0.717) is 30.1 Å². The Labute approximate surface area is 214 Å². The first-order chi connectivity index (χ1) is 15.5. The molecule has 3 aromatic carbocycles. The third-order valence-corrected chi connectivity index (χ3v) is 5.68. The number of phenols is 3. The molecule has 0 atom stereocenters. The number of nitriles is 1. The van der Waals surface area contributed by atoms with Gasteiger partial charge in [0.05, 0.1) is 37.7 Å². The molecule has 0 bridgehead atoms. The first kappa shape index (κ1) is 28.0. The minimum Gasteiger partial charge on any atom is -0.507 e. The average molecular weight is 645 g/mol. The van der Waals surface area contributed by atoms with Gasteiger partial charge in [0, 0.05) is 5.56 Å². The monoisotopic (exact) mass is 642 g/mol. The fraction of sp³-hybridized carbons (Fsp3) is 0.0455. The van der Waals surface area contributed by atoms with Crippen molar-refractivity contribution in [2.45, 2.75) is 0 Å². The molecule has 0 spiro atoms. The zero-order valence-corrected chi connectivity index (χ0v) is 21.7. The molecule has 172 valence electrons. The standard InChI is InChI=1S/C8H7BrO3.C7H6BrNO2.C7H4BrNO/c1-12-8(11)5-2-3-6(9)7(10)4-5;8-5-2-1-4(7(9)11)3-6(5)10;8-6-2-1-5(4-9)3-7(6)10/h2-4,10H,1H3;1-3,10H,(H2,9,11);1-3,10H. The number of carbonyl (C=O) groups is 2. The maximum absolute atomic E-state index is 10.9. The normalized spacial score (nSPS) is 9.30. The van der Waals surface area contributed by atoms with E-state index in [2.05, 4.69) is 52.5 Å². The highest BCUT2D eigenvalue weighted by Gasteiger charge is 2.07. The number of carbonyl (C=O) groups excluding carboxylic acids is 2. The smallest absolute Gasteiger partial charge is 0.337 e. The van der Waals surface area contributed by atoms with Crippen LogP contribution in [-0.2, 0) is 4.74 Å². The number of primary amides is 1. The molecule has 33 heavy (non-hydrogen) atoms. The second-order valence-corrected chi connectivity index (χ2v) is 8.53. The molecule has 1 amide bonds. The molecule has 0 saturated heterocycles. The molecule has 0 aliphatic rings. The zero-order valence-electron chi connectivity index (χ0n) is 16.9. The lowest BCUT2D eigenvalue weighted by Crippen LogP contribution is -2.10. The molecule has 11 heteroatoms. The van der Waals surface area contributed by atoms with Crippen LogP contribution in [0.2, 0.25) is 0 Å². The van der Waals surface area contributed by atoms with Crippen molar-refractivity contribution >= 4 is 59.7 Å². The fourth-order valence-corrected chi connectivity index (χ4v) is 2.75. The molecule has 8 nitrogen and oxygen atoms in total. The van der Waals surface area contributed by atoms with Crippen LogP contribution in [0.25, 0.3) is 0 Å². The van der Waals surface area contributed by atoms with Crippen LogP contribution in [0, 0.1) is 11.3 Å². The van der Waals surface area contributed by atoms with Crippen molar-refractivity contribution in [2.24, 2.45) is 5.73 Å². The largest absolute Gasteiger partial charge is 0.507 e. The number of halogens is 3. The van der Waals surface area contributed by atoms with Crippen LogP contribution >= 0.6 is 47.8 Å². The van der Waals surface area contributed by atoms with Gasteiger partial charge in [-0.05, 0) is 102 Å². The lowest BCUT2D eigenvalue weighted by molar-refractivity contribution is 0.0600. The molecular formula is C22H17Br3N2O6. The maximum atomic E-state index is 10.9. The quantitative estimate of drug-likeness (QED) is 0.279. The molecule has 0 radical (unpaired) electrons. The zero-order chi connectivity index (χ0) is 25.1. The number of nitrogens with two attached hydrogens (primary N) is 1. The topological polar surface area (TPSA) is 154 Å². The van der Waals surface area contributed by atoms with E-state index in [4.69, 9.17) is 21.2 Å². The van der Waals surface area contributed by atoms with Gasteiger partial charge in [-0.3, -0.25) is 4.79 Å². The van der Waals surface area contributed by atoms with E-state index in [1.54, 1.807) is 30.3 Å². The van der Waals surface area contributed by atoms with E-state index in [1.165, 1.54) is 31.4 Å². The third kappa shape index (κ3) is 9.13. The van der Waals surface area contributed by atoms with Crippen molar-refractivity contribution in [2.75, 3.05) is 7.11 Å². The van der Waals surface area contributed by atoms with Gasteiger partial charge in [0.2, 0.25) is 5.91 Å². The lowest BCUT2D eigenvalue weighted by atomic mass is 10.2. The van der Waals surface area contributed by atoms with E-state index in [0.717, 1.165) is 0 Å². The summed E-state index contributed by atoms with van der Waals surface area (Å²) >= 11 is 9.27. The van der Waals surface area contributed by atoms with E-state index in [9.17, 15) is 14.7 Å². The Balaban J connectivity index is 0.000000249. The molecule has 0 saturated carbocycles. The molecule has 0 heterocycles. The van der Waals surface area contributed by atoms with Crippen LogP contribution in [-0.4, -0.2) is 34.3 Å². The molecule has 5 N–H and O–H groups in total. The molecular weight excluding hydrogens is 628 g/mol. The minimum atomic E-state index is -0.548. The number of esters is 1. The number of rotatable bonds is 2. The first-order valence-electron chi connectivity index (χ1n) is 8.73. The molecule has 0 aromatic heterocycles. The van der Waals surface area contributed by atoms with Gasteiger partial charge in [0.25, 0.3) is 0 Å². The van der Waals surface area contributed by atoms with Crippen LogP contribution in [0.1, 0.15) is 26.3 Å². The second kappa shape index (κ2) is 13.5. The van der Waals surface area contributed by atoms with Gasteiger partial charge < -0.3 is 25.8 Å². The number of phenolic OH excluding ortho intramolecular Hbond substituents is 3. The molecule has 0 aliphatic carbocycles. The Hall–Kier alpha value is -3.07. The highest BCUT2D eigenvalue weighted by molar-refractivity contribution is 9.11. The Morgan fingerprint density at radius 3 is 1.64 bits per heavy atom. The predicted octanol–water partition coefficient (Wildman–Crippen LogP) is 5.22. The van der Waals surface area contributed by atoms with Gasteiger partial charge in [0.1, 0.15) is 17.2 Å². The summed E-state index contributed by atoms with van der Waals surface area (Å²) in [5.41, 5.74) is 6.05. The van der Waals surface area contributed by atoms with Crippen molar-refractivity contribution in [1.82, 2.24) is 0 Å². The van der Waals surface area contributed by atoms with E-state index in [-0.39, 0.29) is 17.2 Å². The van der Waals surface area contributed by atoms with Crippen molar-refractivity contribution in [3.8, 4) is 23.3 Å². The molecule has 0 fully saturated rings. The molecule has 3 aromatic rings. The van der Waals surface area contributed by atoms with Gasteiger partial charge in [-0.25, -0.2) is 4.79 Å². The Morgan fingerprint density at radius 2 is 1.24 bits per heavy atom. The van der Waals surface area contributed by atoms with Crippen molar-refractivity contribution in [3.05, 3.63) is 84.7 Å². The van der Waals surface area contributed by atoms with Crippen LogP contribution in [0.4, 0.5) is 0 Å². The van der Waals surface area contributed by atoms with Crippen molar-refractivity contribution in [1.29, 1.82) is 5.26 Å². The molecule has 3 rings (SSSR count). The van der Waals surface area contributed by atoms with Crippen LogP contribution in [0.3, 0.4) is 0 Å². The highest BCUT2D eigenvalue weighted by Crippen LogP contribution is 2.25. The Morgan fingerprint density at radius 1 is 0.818 bits per heavy atom.